The van der Waals surface area contributed by atoms with Gasteiger partial charge in [0.2, 0.25) is 5.91 Å². The Labute approximate surface area is 149 Å². The number of rotatable bonds is 7. The van der Waals surface area contributed by atoms with E-state index in [0.29, 0.717) is 6.42 Å². The summed E-state index contributed by atoms with van der Waals surface area (Å²) < 4.78 is 0. The number of benzene rings is 2. The molecular weight excluding hydrogens is 308 g/mol. The molecule has 0 aliphatic heterocycles. The Morgan fingerprint density at radius 3 is 2.64 bits per heavy atom. The molecule has 2 N–H and O–H groups in total. The molecule has 3 aromatic rings. The monoisotopic (exact) mass is 334 g/mol. The maximum absolute atomic E-state index is 12.5. The van der Waals surface area contributed by atoms with Crippen LogP contribution in [0.25, 0.3) is 10.9 Å². The summed E-state index contributed by atoms with van der Waals surface area (Å²) in [5.74, 6) is 0.169. The summed E-state index contributed by atoms with van der Waals surface area (Å²) in [7, 11) is 0. The number of para-hydroxylation sites is 1. The van der Waals surface area contributed by atoms with E-state index in [-0.39, 0.29) is 11.8 Å². The lowest BCUT2D eigenvalue weighted by Gasteiger charge is -2.17. The van der Waals surface area contributed by atoms with E-state index >= 15 is 0 Å². The summed E-state index contributed by atoms with van der Waals surface area (Å²) in [5.41, 5.74) is 4.71. The molecule has 0 saturated heterocycles. The van der Waals surface area contributed by atoms with Crippen molar-refractivity contribution in [2.45, 2.75) is 39.0 Å². The van der Waals surface area contributed by atoms with Gasteiger partial charge in [0.15, 0.2) is 0 Å². The molecule has 25 heavy (non-hydrogen) atoms. The Bertz CT molecular complexity index is 833. The normalized spacial score (nSPS) is 12.2. The van der Waals surface area contributed by atoms with Crippen LogP contribution >= 0.6 is 0 Å². The Morgan fingerprint density at radius 2 is 1.88 bits per heavy atom. The quantitative estimate of drug-likeness (QED) is 0.592. The van der Waals surface area contributed by atoms with Gasteiger partial charge in [-0.05, 0) is 30.5 Å². The van der Waals surface area contributed by atoms with Crippen molar-refractivity contribution >= 4 is 16.8 Å². The molecule has 130 valence electrons. The summed E-state index contributed by atoms with van der Waals surface area (Å²) >= 11 is 0. The summed E-state index contributed by atoms with van der Waals surface area (Å²) in [6.45, 7) is 4.97. The van der Waals surface area contributed by atoms with Crippen molar-refractivity contribution in [1.82, 2.24) is 10.3 Å². The standard InChI is InChI=1S/C22H26N2O/c1-3-4-13-23-22(25)14-19(17-11-9-16(2)10-12-17)20-15-24-21-8-6-5-7-18(20)21/h5-12,15,19,24H,3-4,13-14H2,1-2H3,(H,23,25)/t19-/m0/s1. The van der Waals surface area contributed by atoms with Gasteiger partial charge < -0.3 is 10.3 Å². The maximum atomic E-state index is 12.5. The molecule has 0 aliphatic rings. The number of amides is 1. The van der Waals surface area contributed by atoms with Gasteiger partial charge in [0, 0.05) is 36.0 Å². The molecule has 0 fully saturated rings. The fraction of sp³-hybridized carbons (Fsp3) is 0.318. The van der Waals surface area contributed by atoms with Crippen molar-refractivity contribution in [3.63, 3.8) is 0 Å². The number of unbranched alkanes of at least 4 members (excludes halogenated alkanes) is 1. The number of aromatic amines is 1. The first kappa shape index (κ1) is 17.3. The zero-order chi connectivity index (χ0) is 17.6. The van der Waals surface area contributed by atoms with Gasteiger partial charge in [-0.25, -0.2) is 0 Å². The van der Waals surface area contributed by atoms with E-state index in [4.69, 9.17) is 0 Å². The highest BCUT2D eigenvalue weighted by atomic mass is 16.1. The highest BCUT2D eigenvalue weighted by Gasteiger charge is 2.21. The number of aromatic nitrogens is 1. The number of carbonyl (C=O) groups excluding carboxylic acids is 1. The van der Waals surface area contributed by atoms with Crippen molar-refractivity contribution in [3.8, 4) is 0 Å². The summed E-state index contributed by atoms with van der Waals surface area (Å²) in [6.07, 6.45) is 4.63. The van der Waals surface area contributed by atoms with Gasteiger partial charge in [-0.3, -0.25) is 4.79 Å². The van der Waals surface area contributed by atoms with E-state index in [1.54, 1.807) is 0 Å². The summed E-state index contributed by atoms with van der Waals surface area (Å²) in [4.78, 5) is 15.8. The van der Waals surface area contributed by atoms with E-state index in [2.05, 4.69) is 66.7 Å². The average molecular weight is 334 g/mol. The molecule has 1 heterocycles. The van der Waals surface area contributed by atoms with Crippen molar-refractivity contribution < 1.29 is 4.79 Å². The molecule has 1 atom stereocenters. The van der Waals surface area contributed by atoms with E-state index in [1.807, 2.05) is 12.1 Å². The van der Waals surface area contributed by atoms with Crippen LogP contribution < -0.4 is 5.32 Å². The second-order valence-electron chi connectivity index (χ2n) is 6.66. The van der Waals surface area contributed by atoms with Crippen LogP contribution in [0.2, 0.25) is 0 Å². The van der Waals surface area contributed by atoms with Crippen LogP contribution in [0.15, 0.2) is 54.7 Å². The zero-order valence-corrected chi connectivity index (χ0v) is 15.0. The predicted octanol–water partition coefficient (Wildman–Crippen LogP) is 4.91. The lowest BCUT2D eigenvalue weighted by atomic mass is 9.87. The maximum Gasteiger partial charge on any atom is 0.220 e. The third-order valence-corrected chi connectivity index (χ3v) is 4.72. The lowest BCUT2D eigenvalue weighted by Crippen LogP contribution is -2.26. The molecule has 0 saturated carbocycles. The molecule has 2 aromatic carbocycles. The fourth-order valence-corrected chi connectivity index (χ4v) is 3.25. The molecule has 0 spiro atoms. The van der Waals surface area contributed by atoms with Crippen molar-refractivity contribution in [2.75, 3.05) is 6.54 Å². The van der Waals surface area contributed by atoms with E-state index in [9.17, 15) is 4.79 Å². The molecule has 0 unspecified atom stereocenters. The van der Waals surface area contributed by atoms with Gasteiger partial charge in [0.05, 0.1) is 0 Å². The van der Waals surface area contributed by atoms with E-state index in [0.717, 1.165) is 24.9 Å². The Balaban J connectivity index is 1.91. The minimum Gasteiger partial charge on any atom is -0.361 e. The first-order valence-electron chi connectivity index (χ1n) is 9.08. The van der Waals surface area contributed by atoms with Gasteiger partial charge in [-0.2, -0.15) is 0 Å². The molecule has 1 aromatic heterocycles. The van der Waals surface area contributed by atoms with Crippen molar-refractivity contribution in [3.05, 3.63) is 71.4 Å². The van der Waals surface area contributed by atoms with Gasteiger partial charge in [0.1, 0.15) is 0 Å². The zero-order valence-electron chi connectivity index (χ0n) is 15.0. The van der Waals surface area contributed by atoms with Crippen LogP contribution in [0.1, 0.15) is 48.8 Å². The van der Waals surface area contributed by atoms with Crippen molar-refractivity contribution in [1.29, 1.82) is 0 Å². The number of H-pyrrole nitrogens is 1. The third-order valence-electron chi connectivity index (χ3n) is 4.72. The van der Waals surface area contributed by atoms with Gasteiger partial charge in [-0.15, -0.1) is 0 Å². The molecule has 1 amide bonds. The number of hydrogen-bond donors (Lipinski definition) is 2. The van der Waals surface area contributed by atoms with Gasteiger partial charge >= 0.3 is 0 Å². The lowest BCUT2D eigenvalue weighted by molar-refractivity contribution is -0.121. The Hall–Kier alpha value is -2.55. The van der Waals surface area contributed by atoms with E-state index < -0.39 is 0 Å². The van der Waals surface area contributed by atoms with Crippen LogP contribution in [-0.2, 0) is 4.79 Å². The molecule has 0 bridgehead atoms. The topological polar surface area (TPSA) is 44.9 Å². The van der Waals surface area contributed by atoms with Crippen LogP contribution in [0, 0.1) is 6.92 Å². The number of nitrogens with one attached hydrogen (secondary N) is 2. The summed E-state index contributed by atoms with van der Waals surface area (Å²) in [6, 6.07) is 16.8. The Kier molecular flexibility index (Phi) is 5.54. The number of aryl methyl sites for hydroxylation is 1. The van der Waals surface area contributed by atoms with Gasteiger partial charge in [-0.1, -0.05) is 61.4 Å². The minimum atomic E-state index is 0.0541. The SMILES string of the molecule is CCCCNC(=O)C[C@@H](c1ccc(C)cc1)c1c[nH]c2ccccc12. The molecule has 3 nitrogen and oxygen atoms in total. The van der Waals surface area contributed by atoms with Gasteiger partial charge in [0.25, 0.3) is 0 Å². The predicted molar refractivity (Wildman–Crippen MR) is 104 cm³/mol. The van der Waals surface area contributed by atoms with Crippen LogP contribution in [0.4, 0.5) is 0 Å². The second-order valence-corrected chi connectivity index (χ2v) is 6.66. The smallest absolute Gasteiger partial charge is 0.220 e. The molecule has 0 aliphatic carbocycles. The first-order chi connectivity index (χ1) is 12.2. The number of hydrogen-bond acceptors (Lipinski definition) is 1. The van der Waals surface area contributed by atoms with E-state index in [1.165, 1.54) is 22.1 Å². The Morgan fingerprint density at radius 1 is 1.12 bits per heavy atom. The minimum absolute atomic E-state index is 0.0541. The molecule has 3 heteroatoms. The largest absolute Gasteiger partial charge is 0.361 e. The second kappa shape index (κ2) is 8.02. The number of carbonyl (C=O) groups is 1. The highest BCUT2D eigenvalue weighted by molar-refractivity contribution is 5.86. The fourth-order valence-electron chi connectivity index (χ4n) is 3.25. The van der Waals surface area contributed by atoms with Crippen LogP contribution in [0.3, 0.4) is 0 Å². The van der Waals surface area contributed by atoms with Crippen molar-refractivity contribution in [2.24, 2.45) is 0 Å². The molecule has 3 rings (SSSR count). The average Bonchev–Trinajstić information content (AvgIpc) is 3.05. The highest BCUT2D eigenvalue weighted by Crippen LogP contribution is 2.33. The molecule has 0 radical (unpaired) electrons. The number of fused-ring (bicyclic) bond motifs is 1. The summed E-state index contributed by atoms with van der Waals surface area (Å²) in [5, 5.41) is 4.25. The third kappa shape index (κ3) is 4.11. The van der Waals surface area contributed by atoms with Crippen LogP contribution in [0.5, 0.6) is 0 Å². The molecular formula is C22H26N2O. The van der Waals surface area contributed by atoms with Crippen LogP contribution in [-0.4, -0.2) is 17.4 Å². The first-order valence-corrected chi connectivity index (χ1v) is 9.08.